The molecule has 0 bridgehead atoms. The summed E-state index contributed by atoms with van der Waals surface area (Å²) in [5.41, 5.74) is 1.62. The number of hydrogen-bond acceptors (Lipinski definition) is 6. The minimum absolute atomic E-state index is 0.135. The van der Waals surface area contributed by atoms with Gasteiger partial charge in [-0.3, -0.25) is 4.79 Å². The van der Waals surface area contributed by atoms with Crippen molar-refractivity contribution in [1.82, 2.24) is 4.98 Å². The van der Waals surface area contributed by atoms with Gasteiger partial charge in [0.25, 0.3) is 5.91 Å². The average molecular weight is 405 g/mol. The molecule has 0 unspecified atom stereocenters. The SMILES string of the molecule is N#CCCN(C(=O)COC(=O)c1cc2ccccc2[nH]1)c1ccc2c(c1)OCCO2. The topological polar surface area (TPSA) is 105 Å². The molecule has 1 N–H and O–H groups in total. The molecule has 0 atom stereocenters. The lowest BCUT2D eigenvalue weighted by Crippen LogP contribution is -2.35. The highest BCUT2D eigenvalue weighted by atomic mass is 16.6. The summed E-state index contributed by atoms with van der Waals surface area (Å²) in [5.74, 6) is 0.0693. The summed E-state index contributed by atoms with van der Waals surface area (Å²) in [5, 5.41) is 9.83. The molecule has 2 aromatic carbocycles. The van der Waals surface area contributed by atoms with Gasteiger partial charge in [0.05, 0.1) is 12.5 Å². The van der Waals surface area contributed by atoms with Crippen molar-refractivity contribution < 1.29 is 23.8 Å². The molecule has 152 valence electrons. The third-order valence-electron chi connectivity index (χ3n) is 4.66. The average Bonchev–Trinajstić information content (AvgIpc) is 3.22. The number of rotatable bonds is 6. The lowest BCUT2D eigenvalue weighted by atomic mass is 10.2. The van der Waals surface area contributed by atoms with E-state index >= 15 is 0 Å². The van der Waals surface area contributed by atoms with E-state index in [9.17, 15) is 9.59 Å². The molecule has 0 radical (unpaired) electrons. The number of carbonyl (C=O) groups is 2. The van der Waals surface area contributed by atoms with Gasteiger partial charge in [-0.25, -0.2) is 4.79 Å². The number of hydrogen-bond donors (Lipinski definition) is 1. The number of ether oxygens (including phenoxy) is 3. The lowest BCUT2D eigenvalue weighted by Gasteiger charge is -2.24. The highest BCUT2D eigenvalue weighted by molar-refractivity contribution is 5.98. The third kappa shape index (κ3) is 4.05. The van der Waals surface area contributed by atoms with Crippen LogP contribution in [0.5, 0.6) is 11.5 Å². The lowest BCUT2D eigenvalue weighted by molar-refractivity contribution is -0.121. The van der Waals surface area contributed by atoms with Crippen molar-refractivity contribution >= 4 is 28.5 Å². The van der Waals surface area contributed by atoms with E-state index in [1.165, 1.54) is 4.90 Å². The van der Waals surface area contributed by atoms with Gasteiger partial charge in [-0.05, 0) is 24.3 Å². The van der Waals surface area contributed by atoms with Crippen LogP contribution in [0, 0.1) is 11.3 Å². The van der Waals surface area contributed by atoms with E-state index in [0.717, 1.165) is 10.9 Å². The van der Waals surface area contributed by atoms with Crippen molar-refractivity contribution in [3.05, 3.63) is 54.2 Å². The van der Waals surface area contributed by atoms with E-state index in [1.54, 1.807) is 24.3 Å². The number of para-hydroxylation sites is 1. The molecule has 0 aliphatic carbocycles. The Labute approximate surface area is 172 Å². The monoisotopic (exact) mass is 405 g/mol. The number of esters is 1. The van der Waals surface area contributed by atoms with E-state index in [-0.39, 0.29) is 18.7 Å². The van der Waals surface area contributed by atoms with Crippen molar-refractivity contribution in [3.8, 4) is 17.6 Å². The number of aromatic nitrogens is 1. The number of nitrogens with one attached hydrogen (secondary N) is 1. The van der Waals surface area contributed by atoms with E-state index in [4.69, 9.17) is 19.5 Å². The number of amides is 1. The van der Waals surface area contributed by atoms with E-state index in [0.29, 0.717) is 30.4 Å². The summed E-state index contributed by atoms with van der Waals surface area (Å²) >= 11 is 0. The first kappa shape index (κ1) is 19.3. The molecule has 0 spiro atoms. The normalized spacial score (nSPS) is 12.2. The van der Waals surface area contributed by atoms with E-state index in [1.807, 2.05) is 30.3 Å². The van der Waals surface area contributed by atoms with Crippen LogP contribution in [0.2, 0.25) is 0 Å². The van der Waals surface area contributed by atoms with Gasteiger partial charge in [-0.1, -0.05) is 18.2 Å². The first-order valence-electron chi connectivity index (χ1n) is 9.47. The summed E-state index contributed by atoms with van der Waals surface area (Å²) in [6.07, 6.45) is 0.135. The predicted molar refractivity (Wildman–Crippen MR) is 109 cm³/mol. The fourth-order valence-corrected chi connectivity index (χ4v) is 3.23. The predicted octanol–water partition coefficient (Wildman–Crippen LogP) is 3.04. The van der Waals surface area contributed by atoms with Crippen molar-refractivity contribution in [3.63, 3.8) is 0 Å². The number of nitriles is 1. The zero-order valence-corrected chi connectivity index (χ0v) is 16.1. The molecule has 3 aromatic rings. The van der Waals surface area contributed by atoms with Crippen LogP contribution in [-0.4, -0.2) is 43.2 Å². The maximum Gasteiger partial charge on any atom is 0.355 e. The first-order valence-corrected chi connectivity index (χ1v) is 9.47. The van der Waals surface area contributed by atoms with E-state index in [2.05, 4.69) is 4.98 Å². The number of nitrogens with zero attached hydrogens (tertiary/aromatic N) is 2. The second kappa shape index (κ2) is 8.57. The third-order valence-corrected chi connectivity index (χ3v) is 4.66. The molecular weight excluding hydrogens is 386 g/mol. The Kier molecular flexibility index (Phi) is 5.52. The smallest absolute Gasteiger partial charge is 0.355 e. The first-order chi connectivity index (χ1) is 14.7. The Morgan fingerprint density at radius 3 is 2.70 bits per heavy atom. The van der Waals surface area contributed by atoms with Gasteiger partial charge in [-0.2, -0.15) is 5.26 Å². The van der Waals surface area contributed by atoms with Gasteiger partial charge < -0.3 is 24.1 Å². The molecule has 0 saturated heterocycles. The summed E-state index contributed by atoms with van der Waals surface area (Å²) in [4.78, 5) is 29.5. The van der Waals surface area contributed by atoms with Crippen LogP contribution in [0.3, 0.4) is 0 Å². The number of carbonyl (C=O) groups excluding carboxylic acids is 2. The van der Waals surface area contributed by atoms with Crippen LogP contribution in [0.15, 0.2) is 48.5 Å². The Bertz CT molecular complexity index is 1100. The fraction of sp³-hybridized carbons (Fsp3) is 0.227. The van der Waals surface area contributed by atoms with Crippen molar-refractivity contribution in [2.24, 2.45) is 0 Å². The maximum absolute atomic E-state index is 12.8. The molecule has 8 heteroatoms. The quantitative estimate of drug-likeness (QED) is 0.632. The molecule has 30 heavy (non-hydrogen) atoms. The Morgan fingerprint density at radius 2 is 1.90 bits per heavy atom. The van der Waals surface area contributed by atoms with Gasteiger partial charge in [0.1, 0.15) is 18.9 Å². The summed E-state index contributed by atoms with van der Waals surface area (Å²) in [7, 11) is 0. The van der Waals surface area contributed by atoms with Gasteiger partial charge in [0, 0.05) is 29.2 Å². The summed E-state index contributed by atoms with van der Waals surface area (Å²) in [6.45, 7) is 0.602. The van der Waals surface area contributed by atoms with Crippen LogP contribution < -0.4 is 14.4 Å². The van der Waals surface area contributed by atoms with E-state index < -0.39 is 18.5 Å². The van der Waals surface area contributed by atoms with Crippen molar-refractivity contribution in [1.29, 1.82) is 5.26 Å². The zero-order valence-electron chi connectivity index (χ0n) is 16.1. The Balaban J connectivity index is 1.46. The molecule has 1 aliphatic heterocycles. The standard InChI is InChI=1S/C22H19N3O5/c23-8-3-9-25(16-6-7-19-20(13-16)29-11-10-28-19)21(26)14-30-22(27)18-12-15-4-1-2-5-17(15)24-18/h1-2,4-7,12-13,24H,3,9-11,14H2. The second-order valence-corrected chi connectivity index (χ2v) is 6.63. The fourth-order valence-electron chi connectivity index (χ4n) is 3.23. The van der Waals surface area contributed by atoms with Gasteiger partial charge in [-0.15, -0.1) is 0 Å². The van der Waals surface area contributed by atoms with Gasteiger partial charge >= 0.3 is 5.97 Å². The highest BCUT2D eigenvalue weighted by Crippen LogP contribution is 2.34. The van der Waals surface area contributed by atoms with Crippen LogP contribution in [0.4, 0.5) is 5.69 Å². The van der Waals surface area contributed by atoms with Crippen LogP contribution in [0.1, 0.15) is 16.9 Å². The van der Waals surface area contributed by atoms with Crippen LogP contribution in [-0.2, 0) is 9.53 Å². The number of anilines is 1. The molecule has 0 saturated carbocycles. The molecule has 1 aliphatic rings. The minimum atomic E-state index is -0.623. The highest BCUT2D eigenvalue weighted by Gasteiger charge is 2.21. The minimum Gasteiger partial charge on any atom is -0.486 e. The Hall–Kier alpha value is -3.99. The molecule has 1 amide bonds. The molecule has 1 aromatic heterocycles. The summed E-state index contributed by atoms with van der Waals surface area (Å²) < 4.78 is 16.3. The van der Waals surface area contributed by atoms with Crippen molar-refractivity contribution in [2.75, 3.05) is 31.3 Å². The number of benzene rings is 2. The maximum atomic E-state index is 12.8. The number of H-pyrrole nitrogens is 1. The van der Waals surface area contributed by atoms with Gasteiger partial charge in [0.2, 0.25) is 0 Å². The van der Waals surface area contributed by atoms with Crippen molar-refractivity contribution in [2.45, 2.75) is 6.42 Å². The van der Waals surface area contributed by atoms with Gasteiger partial charge in [0.15, 0.2) is 18.1 Å². The number of aromatic amines is 1. The molecular formula is C22H19N3O5. The molecule has 0 fully saturated rings. The van der Waals surface area contributed by atoms with Crippen LogP contribution in [0.25, 0.3) is 10.9 Å². The Morgan fingerprint density at radius 1 is 1.10 bits per heavy atom. The molecule has 4 rings (SSSR count). The zero-order chi connectivity index (χ0) is 20.9. The largest absolute Gasteiger partial charge is 0.486 e. The number of fused-ring (bicyclic) bond motifs is 2. The second-order valence-electron chi connectivity index (χ2n) is 6.63. The molecule has 2 heterocycles. The summed E-state index contributed by atoms with van der Waals surface area (Å²) in [6, 6.07) is 16.3. The molecule has 8 nitrogen and oxygen atoms in total. The van der Waals surface area contributed by atoms with Crippen LogP contribution >= 0.6 is 0 Å².